The van der Waals surface area contributed by atoms with Crippen molar-refractivity contribution in [2.24, 2.45) is 0 Å². The highest BCUT2D eigenvalue weighted by molar-refractivity contribution is 5.63. The largest absolute Gasteiger partial charge is 0.492 e. The Hall–Kier alpha value is -1.87. The standard InChI is InChI=1S/C14H16N2O/c1-15-10-11-17-14-4-2-12(3-5-14)13-6-8-16-9-7-13/h2-9,15H,10-11H2,1H3. The number of nitrogens with one attached hydrogen (secondary N) is 1. The van der Waals surface area contributed by atoms with Gasteiger partial charge in [-0.15, -0.1) is 0 Å². The molecule has 17 heavy (non-hydrogen) atoms. The van der Waals surface area contributed by atoms with Crippen molar-refractivity contribution < 1.29 is 4.74 Å². The zero-order valence-electron chi connectivity index (χ0n) is 9.89. The molecular weight excluding hydrogens is 212 g/mol. The minimum absolute atomic E-state index is 0.686. The lowest BCUT2D eigenvalue weighted by Crippen LogP contribution is -2.15. The van der Waals surface area contributed by atoms with Crippen molar-refractivity contribution >= 4 is 0 Å². The lowest BCUT2D eigenvalue weighted by atomic mass is 10.1. The van der Waals surface area contributed by atoms with Gasteiger partial charge in [0.15, 0.2) is 0 Å². The first kappa shape index (κ1) is 11.6. The molecule has 1 aromatic carbocycles. The Kier molecular flexibility index (Phi) is 4.11. The van der Waals surface area contributed by atoms with Gasteiger partial charge in [0.25, 0.3) is 0 Å². The van der Waals surface area contributed by atoms with Crippen molar-refractivity contribution in [1.82, 2.24) is 10.3 Å². The third kappa shape index (κ3) is 3.29. The fourth-order valence-electron chi connectivity index (χ4n) is 1.56. The average molecular weight is 228 g/mol. The smallest absolute Gasteiger partial charge is 0.119 e. The molecule has 0 aliphatic rings. The number of rotatable bonds is 5. The van der Waals surface area contributed by atoms with Gasteiger partial charge in [-0.1, -0.05) is 12.1 Å². The summed E-state index contributed by atoms with van der Waals surface area (Å²) in [6.45, 7) is 1.54. The van der Waals surface area contributed by atoms with Crippen molar-refractivity contribution in [2.45, 2.75) is 0 Å². The van der Waals surface area contributed by atoms with Crippen molar-refractivity contribution in [1.29, 1.82) is 0 Å². The average Bonchev–Trinajstić information content (AvgIpc) is 2.41. The number of aromatic nitrogens is 1. The van der Waals surface area contributed by atoms with Gasteiger partial charge in [-0.3, -0.25) is 4.98 Å². The van der Waals surface area contributed by atoms with Gasteiger partial charge in [-0.25, -0.2) is 0 Å². The van der Waals surface area contributed by atoms with Gasteiger partial charge in [0.2, 0.25) is 0 Å². The van der Waals surface area contributed by atoms with E-state index in [1.54, 1.807) is 12.4 Å². The molecule has 2 rings (SSSR count). The summed E-state index contributed by atoms with van der Waals surface area (Å²) in [7, 11) is 1.91. The molecule has 0 saturated carbocycles. The third-order valence-corrected chi connectivity index (χ3v) is 2.49. The van der Waals surface area contributed by atoms with Gasteiger partial charge < -0.3 is 10.1 Å². The van der Waals surface area contributed by atoms with E-state index in [1.807, 2.05) is 31.3 Å². The molecule has 0 aliphatic heterocycles. The summed E-state index contributed by atoms with van der Waals surface area (Å²) in [5.41, 5.74) is 2.34. The van der Waals surface area contributed by atoms with E-state index in [1.165, 1.54) is 11.1 Å². The Morgan fingerprint density at radius 2 is 1.65 bits per heavy atom. The minimum atomic E-state index is 0.686. The van der Waals surface area contributed by atoms with Gasteiger partial charge in [0, 0.05) is 18.9 Å². The van der Waals surface area contributed by atoms with E-state index < -0.39 is 0 Å². The molecule has 0 amide bonds. The normalized spacial score (nSPS) is 10.2. The fourth-order valence-corrected chi connectivity index (χ4v) is 1.56. The number of benzene rings is 1. The number of ether oxygens (including phenoxy) is 1. The van der Waals surface area contributed by atoms with Crippen molar-refractivity contribution in [2.75, 3.05) is 20.2 Å². The second-order valence-corrected chi connectivity index (χ2v) is 3.71. The van der Waals surface area contributed by atoms with Crippen LogP contribution in [0.3, 0.4) is 0 Å². The molecule has 0 spiro atoms. The SMILES string of the molecule is CNCCOc1ccc(-c2ccncc2)cc1. The predicted molar refractivity (Wildman–Crippen MR) is 69.1 cm³/mol. The molecule has 0 atom stereocenters. The highest BCUT2D eigenvalue weighted by atomic mass is 16.5. The maximum Gasteiger partial charge on any atom is 0.119 e. The zero-order chi connectivity index (χ0) is 11.9. The molecule has 88 valence electrons. The predicted octanol–water partition coefficient (Wildman–Crippen LogP) is 2.35. The van der Waals surface area contributed by atoms with Crippen molar-refractivity contribution in [3.8, 4) is 16.9 Å². The van der Waals surface area contributed by atoms with Crippen LogP contribution in [0.4, 0.5) is 0 Å². The highest BCUT2D eigenvalue weighted by Crippen LogP contribution is 2.21. The van der Waals surface area contributed by atoms with Gasteiger partial charge in [0.05, 0.1) is 0 Å². The van der Waals surface area contributed by atoms with Crippen LogP contribution in [-0.4, -0.2) is 25.2 Å². The zero-order valence-corrected chi connectivity index (χ0v) is 9.89. The molecule has 1 N–H and O–H groups in total. The molecule has 3 nitrogen and oxygen atoms in total. The highest BCUT2D eigenvalue weighted by Gasteiger charge is 1.97. The summed E-state index contributed by atoms with van der Waals surface area (Å²) in [5, 5.41) is 3.04. The number of nitrogens with zero attached hydrogens (tertiary/aromatic N) is 1. The summed E-state index contributed by atoms with van der Waals surface area (Å²) in [4.78, 5) is 4.01. The van der Waals surface area contributed by atoms with Crippen molar-refractivity contribution in [3.05, 3.63) is 48.8 Å². The lowest BCUT2D eigenvalue weighted by molar-refractivity contribution is 0.318. The quantitative estimate of drug-likeness (QED) is 0.798. The van der Waals surface area contributed by atoms with E-state index in [0.717, 1.165) is 12.3 Å². The number of likely N-dealkylation sites (N-methyl/N-ethyl adjacent to an activating group) is 1. The van der Waals surface area contributed by atoms with Gasteiger partial charge in [-0.2, -0.15) is 0 Å². The van der Waals surface area contributed by atoms with Crippen LogP contribution in [-0.2, 0) is 0 Å². The molecule has 0 radical (unpaired) electrons. The topological polar surface area (TPSA) is 34.1 Å². The fraction of sp³-hybridized carbons (Fsp3) is 0.214. The molecule has 0 aliphatic carbocycles. The Bertz CT molecular complexity index is 440. The first-order valence-corrected chi connectivity index (χ1v) is 5.68. The maximum absolute atomic E-state index is 5.56. The number of hydrogen-bond acceptors (Lipinski definition) is 3. The van der Waals surface area contributed by atoms with E-state index in [9.17, 15) is 0 Å². The second kappa shape index (κ2) is 6.01. The molecule has 0 bridgehead atoms. The van der Waals surface area contributed by atoms with Gasteiger partial charge >= 0.3 is 0 Å². The van der Waals surface area contributed by atoms with Crippen LogP contribution in [0.5, 0.6) is 5.75 Å². The summed E-state index contributed by atoms with van der Waals surface area (Å²) < 4.78 is 5.56. The van der Waals surface area contributed by atoms with Gasteiger partial charge in [0.1, 0.15) is 12.4 Å². The lowest BCUT2D eigenvalue weighted by Gasteiger charge is -2.06. The Morgan fingerprint density at radius 3 is 2.29 bits per heavy atom. The summed E-state index contributed by atoms with van der Waals surface area (Å²) in [6.07, 6.45) is 3.60. The summed E-state index contributed by atoms with van der Waals surface area (Å²) in [6, 6.07) is 12.1. The summed E-state index contributed by atoms with van der Waals surface area (Å²) >= 11 is 0. The molecule has 1 aromatic heterocycles. The van der Waals surface area contributed by atoms with E-state index in [2.05, 4.69) is 22.4 Å². The first-order valence-electron chi connectivity index (χ1n) is 5.68. The van der Waals surface area contributed by atoms with Crippen LogP contribution >= 0.6 is 0 Å². The molecule has 0 unspecified atom stereocenters. The maximum atomic E-state index is 5.56. The van der Waals surface area contributed by atoms with Crippen LogP contribution in [0.1, 0.15) is 0 Å². The van der Waals surface area contributed by atoms with E-state index in [4.69, 9.17) is 4.74 Å². The van der Waals surface area contributed by atoms with Crippen LogP contribution in [0.25, 0.3) is 11.1 Å². The van der Waals surface area contributed by atoms with E-state index in [0.29, 0.717) is 6.61 Å². The minimum Gasteiger partial charge on any atom is -0.492 e. The molecule has 2 aromatic rings. The van der Waals surface area contributed by atoms with Crippen LogP contribution in [0.2, 0.25) is 0 Å². The van der Waals surface area contributed by atoms with Gasteiger partial charge in [-0.05, 0) is 42.4 Å². The second-order valence-electron chi connectivity index (χ2n) is 3.71. The Balaban J connectivity index is 2.03. The Labute approximate surface area is 101 Å². The van der Waals surface area contributed by atoms with Crippen LogP contribution in [0.15, 0.2) is 48.8 Å². The molecular formula is C14H16N2O. The Morgan fingerprint density at radius 1 is 1.00 bits per heavy atom. The number of pyridine rings is 1. The first-order chi connectivity index (χ1) is 8.40. The van der Waals surface area contributed by atoms with E-state index in [-0.39, 0.29) is 0 Å². The van der Waals surface area contributed by atoms with Crippen LogP contribution in [0, 0.1) is 0 Å². The molecule has 0 saturated heterocycles. The van der Waals surface area contributed by atoms with Crippen molar-refractivity contribution in [3.63, 3.8) is 0 Å². The third-order valence-electron chi connectivity index (χ3n) is 2.49. The monoisotopic (exact) mass is 228 g/mol. The molecule has 0 fully saturated rings. The number of hydrogen-bond donors (Lipinski definition) is 1. The molecule has 3 heteroatoms. The molecule has 1 heterocycles. The summed E-state index contributed by atoms with van der Waals surface area (Å²) in [5.74, 6) is 0.901. The van der Waals surface area contributed by atoms with Crippen LogP contribution < -0.4 is 10.1 Å². The van der Waals surface area contributed by atoms with E-state index >= 15 is 0 Å².